The molecule has 3 rings (SSSR count). The summed E-state index contributed by atoms with van der Waals surface area (Å²) in [6.07, 6.45) is 5.92. The van der Waals surface area contributed by atoms with Crippen molar-refractivity contribution in [2.75, 3.05) is 5.32 Å². The molecule has 96 valence electrons. The van der Waals surface area contributed by atoms with Crippen LogP contribution in [0.25, 0.3) is 0 Å². The number of rotatable bonds is 3. The van der Waals surface area contributed by atoms with E-state index in [2.05, 4.69) is 21.5 Å². The van der Waals surface area contributed by atoms with Gasteiger partial charge in [-0.05, 0) is 37.3 Å². The number of nitrogens with zero attached hydrogens (tertiary/aromatic N) is 3. The van der Waals surface area contributed by atoms with Gasteiger partial charge in [-0.15, -0.1) is 0 Å². The van der Waals surface area contributed by atoms with Gasteiger partial charge in [-0.3, -0.25) is 0 Å². The number of hydrogen-bond donors (Lipinski definition) is 1. The third-order valence-corrected chi connectivity index (χ3v) is 3.35. The largest absolute Gasteiger partial charge is 0.364 e. The van der Waals surface area contributed by atoms with Crippen LogP contribution in [0.1, 0.15) is 35.4 Å². The number of hydrogen-bond acceptors (Lipinski definition) is 5. The molecule has 0 aromatic carbocycles. The van der Waals surface area contributed by atoms with Crippen molar-refractivity contribution in [2.24, 2.45) is 0 Å². The molecule has 0 atom stereocenters. The minimum atomic E-state index is 0.511. The maximum atomic E-state index is 9.21. The summed E-state index contributed by atoms with van der Waals surface area (Å²) in [6, 6.07) is 5.96. The molecule has 0 fully saturated rings. The zero-order valence-corrected chi connectivity index (χ0v) is 10.5. The molecule has 1 aliphatic carbocycles. The fourth-order valence-corrected chi connectivity index (χ4v) is 2.36. The van der Waals surface area contributed by atoms with E-state index in [4.69, 9.17) is 4.52 Å². The Bertz CT molecular complexity index is 613. The van der Waals surface area contributed by atoms with Crippen LogP contribution in [0.15, 0.2) is 22.9 Å². The molecule has 0 bridgehead atoms. The van der Waals surface area contributed by atoms with Crippen LogP contribution in [0.3, 0.4) is 0 Å². The summed E-state index contributed by atoms with van der Waals surface area (Å²) >= 11 is 0. The van der Waals surface area contributed by atoms with Gasteiger partial charge in [0.1, 0.15) is 23.8 Å². The van der Waals surface area contributed by atoms with Gasteiger partial charge in [0.25, 0.3) is 0 Å². The first-order valence-electron chi connectivity index (χ1n) is 6.43. The van der Waals surface area contributed by atoms with E-state index >= 15 is 0 Å². The molecule has 1 N–H and O–H groups in total. The van der Waals surface area contributed by atoms with E-state index in [1.807, 2.05) is 6.07 Å². The van der Waals surface area contributed by atoms with Gasteiger partial charge in [-0.25, -0.2) is 4.98 Å². The lowest BCUT2D eigenvalue weighted by atomic mass is 9.95. The molecular formula is C14H14N4O. The van der Waals surface area contributed by atoms with E-state index in [-0.39, 0.29) is 0 Å². The van der Waals surface area contributed by atoms with Crippen molar-refractivity contribution >= 4 is 5.82 Å². The quantitative estimate of drug-likeness (QED) is 0.910. The summed E-state index contributed by atoms with van der Waals surface area (Å²) in [5.41, 5.74) is 3.73. The van der Waals surface area contributed by atoms with E-state index in [9.17, 15) is 5.26 Å². The number of pyridine rings is 1. The highest BCUT2D eigenvalue weighted by molar-refractivity contribution is 5.54. The van der Waals surface area contributed by atoms with Crippen LogP contribution in [-0.2, 0) is 19.4 Å². The summed E-state index contributed by atoms with van der Waals surface area (Å²) in [4.78, 5) is 4.59. The van der Waals surface area contributed by atoms with Gasteiger partial charge in [0.15, 0.2) is 0 Å². The van der Waals surface area contributed by atoms with Gasteiger partial charge in [-0.1, -0.05) is 5.16 Å². The lowest BCUT2D eigenvalue weighted by Gasteiger charge is -2.17. The van der Waals surface area contributed by atoms with Crippen molar-refractivity contribution in [3.05, 3.63) is 40.9 Å². The molecular weight excluding hydrogens is 240 g/mol. The van der Waals surface area contributed by atoms with E-state index in [0.717, 1.165) is 24.2 Å². The molecule has 0 radical (unpaired) electrons. The summed E-state index contributed by atoms with van der Waals surface area (Å²) in [7, 11) is 0. The lowest BCUT2D eigenvalue weighted by molar-refractivity contribution is 0.412. The lowest BCUT2D eigenvalue weighted by Crippen LogP contribution is -2.10. The average Bonchev–Trinajstić information content (AvgIpc) is 2.97. The van der Waals surface area contributed by atoms with Gasteiger partial charge < -0.3 is 9.84 Å². The van der Waals surface area contributed by atoms with Crippen molar-refractivity contribution in [3.63, 3.8) is 0 Å². The number of nitrogens with one attached hydrogen (secondary N) is 1. The Hall–Kier alpha value is -2.35. The Balaban J connectivity index is 1.85. The molecule has 19 heavy (non-hydrogen) atoms. The minimum absolute atomic E-state index is 0.511. The van der Waals surface area contributed by atoms with Crippen LogP contribution >= 0.6 is 0 Å². The van der Waals surface area contributed by atoms with Gasteiger partial charge in [0.05, 0.1) is 12.1 Å². The predicted octanol–water partition coefficient (Wildman–Crippen LogP) is 2.43. The third-order valence-electron chi connectivity index (χ3n) is 3.35. The van der Waals surface area contributed by atoms with Crippen molar-refractivity contribution in [1.82, 2.24) is 10.1 Å². The smallest absolute Gasteiger partial charge is 0.144 e. The standard InChI is InChI=1S/C14H14N4O/c15-8-11-7-10-3-1-2-4-13(10)17-14(11)16-9-12-5-6-19-18-12/h5-7H,1-4,9H2,(H,16,17). The fraction of sp³-hybridized carbons (Fsp3) is 0.357. The number of aryl methyl sites for hydroxylation is 2. The van der Waals surface area contributed by atoms with E-state index in [1.54, 1.807) is 6.07 Å². The topological polar surface area (TPSA) is 74.7 Å². The molecule has 0 saturated heterocycles. The molecule has 0 saturated carbocycles. The van der Waals surface area contributed by atoms with E-state index < -0.39 is 0 Å². The Morgan fingerprint density at radius 1 is 1.37 bits per heavy atom. The number of anilines is 1. The second kappa shape index (κ2) is 5.11. The predicted molar refractivity (Wildman–Crippen MR) is 69.4 cm³/mol. The summed E-state index contributed by atoms with van der Waals surface area (Å²) < 4.78 is 4.77. The summed E-state index contributed by atoms with van der Waals surface area (Å²) in [5.74, 6) is 0.645. The Morgan fingerprint density at radius 3 is 3.05 bits per heavy atom. The molecule has 0 amide bonds. The maximum Gasteiger partial charge on any atom is 0.144 e. The summed E-state index contributed by atoms with van der Waals surface area (Å²) in [5, 5.41) is 16.2. The third kappa shape index (κ3) is 2.43. The number of nitriles is 1. The van der Waals surface area contributed by atoms with Gasteiger partial charge in [-0.2, -0.15) is 5.26 Å². The zero-order valence-electron chi connectivity index (χ0n) is 10.5. The van der Waals surface area contributed by atoms with Gasteiger partial charge in [0, 0.05) is 11.8 Å². The highest BCUT2D eigenvalue weighted by Gasteiger charge is 2.15. The Kier molecular flexibility index (Phi) is 3.15. The molecule has 0 unspecified atom stereocenters. The van der Waals surface area contributed by atoms with Crippen LogP contribution in [0, 0.1) is 11.3 Å². The molecule has 2 heterocycles. The van der Waals surface area contributed by atoms with Gasteiger partial charge in [0.2, 0.25) is 0 Å². The van der Waals surface area contributed by atoms with Gasteiger partial charge >= 0.3 is 0 Å². The fourth-order valence-electron chi connectivity index (χ4n) is 2.36. The second-order valence-corrected chi connectivity index (χ2v) is 4.65. The van der Waals surface area contributed by atoms with E-state index in [0.29, 0.717) is 17.9 Å². The van der Waals surface area contributed by atoms with Crippen LogP contribution < -0.4 is 5.32 Å². The highest BCUT2D eigenvalue weighted by atomic mass is 16.5. The second-order valence-electron chi connectivity index (χ2n) is 4.65. The average molecular weight is 254 g/mol. The highest BCUT2D eigenvalue weighted by Crippen LogP contribution is 2.24. The Morgan fingerprint density at radius 2 is 2.26 bits per heavy atom. The molecule has 0 aliphatic heterocycles. The number of aromatic nitrogens is 2. The van der Waals surface area contributed by atoms with E-state index in [1.165, 1.54) is 24.7 Å². The van der Waals surface area contributed by atoms with Crippen molar-refractivity contribution in [1.29, 1.82) is 5.26 Å². The SMILES string of the molecule is N#Cc1cc2c(nc1NCc1ccon1)CCCC2. The van der Waals surface area contributed by atoms with Crippen LogP contribution in [0.5, 0.6) is 0 Å². The van der Waals surface area contributed by atoms with Crippen molar-refractivity contribution in [3.8, 4) is 6.07 Å². The van der Waals surface area contributed by atoms with Crippen LogP contribution in [0.2, 0.25) is 0 Å². The first-order valence-corrected chi connectivity index (χ1v) is 6.43. The number of fused-ring (bicyclic) bond motifs is 1. The Labute approximate surface area is 111 Å². The molecule has 0 spiro atoms. The van der Waals surface area contributed by atoms with Crippen molar-refractivity contribution < 1.29 is 4.52 Å². The molecule has 2 aromatic heterocycles. The molecule has 5 heteroatoms. The van der Waals surface area contributed by atoms with Crippen LogP contribution in [-0.4, -0.2) is 10.1 Å². The van der Waals surface area contributed by atoms with Crippen molar-refractivity contribution in [2.45, 2.75) is 32.2 Å². The first kappa shape index (κ1) is 11.7. The van der Waals surface area contributed by atoms with Crippen LogP contribution in [0.4, 0.5) is 5.82 Å². The zero-order chi connectivity index (χ0) is 13.1. The normalized spacial score (nSPS) is 13.6. The molecule has 5 nitrogen and oxygen atoms in total. The minimum Gasteiger partial charge on any atom is -0.364 e. The molecule has 2 aromatic rings. The molecule has 1 aliphatic rings. The monoisotopic (exact) mass is 254 g/mol. The maximum absolute atomic E-state index is 9.21. The summed E-state index contributed by atoms with van der Waals surface area (Å²) in [6.45, 7) is 0.511. The first-order chi connectivity index (χ1) is 9.36.